The predicted octanol–water partition coefficient (Wildman–Crippen LogP) is 3.51. The molecule has 0 unspecified atom stereocenters. The minimum Gasteiger partial charge on any atom is -0.328 e. The fourth-order valence-electron chi connectivity index (χ4n) is 2.74. The van der Waals surface area contributed by atoms with E-state index in [1.54, 1.807) is 0 Å². The molecular formula is C15H18ClN3. The van der Waals surface area contributed by atoms with Crippen molar-refractivity contribution in [2.45, 2.75) is 37.6 Å². The van der Waals surface area contributed by atoms with E-state index in [1.807, 2.05) is 35.1 Å². The van der Waals surface area contributed by atoms with E-state index < -0.39 is 0 Å². The lowest BCUT2D eigenvalue weighted by Gasteiger charge is -2.25. The summed E-state index contributed by atoms with van der Waals surface area (Å²) >= 11 is 5.90. The average Bonchev–Trinajstić information content (AvgIpc) is 2.90. The molecule has 1 saturated carbocycles. The van der Waals surface area contributed by atoms with Crippen LogP contribution in [0.4, 0.5) is 0 Å². The number of hydrogen-bond donors (Lipinski definition) is 1. The molecule has 19 heavy (non-hydrogen) atoms. The molecule has 2 aromatic rings. The van der Waals surface area contributed by atoms with E-state index in [0.717, 1.165) is 23.6 Å². The highest BCUT2D eigenvalue weighted by Crippen LogP contribution is 2.32. The SMILES string of the molecule is NC1CCC(c2cnn(-c3ccc(Cl)cc3)c2)CC1. The molecule has 0 bridgehead atoms. The van der Waals surface area contributed by atoms with Crippen LogP contribution in [-0.4, -0.2) is 15.8 Å². The molecule has 3 rings (SSSR count). The molecule has 0 amide bonds. The van der Waals surface area contributed by atoms with Crippen LogP contribution < -0.4 is 5.73 Å². The molecule has 0 radical (unpaired) electrons. The Morgan fingerprint density at radius 3 is 2.47 bits per heavy atom. The second-order valence-corrected chi connectivity index (χ2v) is 5.74. The van der Waals surface area contributed by atoms with Gasteiger partial charge in [0, 0.05) is 17.3 Å². The van der Waals surface area contributed by atoms with Gasteiger partial charge in [0.1, 0.15) is 0 Å². The number of nitrogens with two attached hydrogens (primary N) is 1. The maximum absolute atomic E-state index is 5.95. The Kier molecular flexibility index (Phi) is 3.58. The maximum Gasteiger partial charge on any atom is 0.0646 e. The highest BCUT2D eigenvalue weighted by Gasteiger charge is 2.21. The lowest BCUT2D eigenvalue weighted by Crippen LogP contribution is -2.25. The van der Waals surface area contributed by atoms with Crippen molar-refractivity contribution in [3.63, 3.8) is 0 Å². The standard InChI is InChI=1S/C15H18ClN3/c16-13-3-7-15(8-4-13)19-10-12(9-18-19)11-1-5-14(17)6-2-11/h3-4,7-11,14H,1-2,5-6,17H2. The number of benzene rings is 1. The van der Waals surface area contributed by atoms with Gasteiger partial charge in [-0.1, -0.05) is 11.6 Å². The summed E-state index contributed by atoms with van der Waals surface area (Å²) in [6, 6.07) is 8.13. The molecule has 0 saturated heterocycles. The van der Waals surface area contributed by atoms with Gasteiger partial charge in [-0.05, 0) is 61.4 Å². The monoisotopic (exact) mass is 275 g/mol. The molecule has 3 nitrogen and oxygen atoms in total. The van der Waals surface area contributed by atoms with E-state index in [-0.39, 0.29) is 0 Å². The Hall–Kier alpha value is -1.32. The molecule has 0 spiro atoms. The third kappa shape index (κ3) is 2.82. The molecule has 1 aromatic carbocycles. The molecule has 0 atom stereocenters. The molecule has 1 heterocycles. The molecule has 2 N–H and O–H groups in total. The van der Waals surface area contributed by atoms with Crippen molar-refractivity contribution in [2.75, 3.05) is 0 Å². The number of aromatic nitrogens is 2. The first kappa shape index (κ1) is 12.7. The largest absolute Gasteiger partial charge is 0.328 e. The van der Waals surface area contributed by atoms with Crippen LogP contribution in [0.5, 0.6) is 0 Å². The molecule has 100 valence electrons. The van der Waals surface area contributed by atoms with Gasteiger partial charge in [0.25, 0.3) is 0 Å². The zero-order valence-electron chi connectivity index (χ0n) is 10.8. The first-order valence-electron chi connectivity index (χ1n) is 6.78. The van der Waals surface area contributed by atoms with Gasteiger partial charge in [-0.3, -0.25) is 0 Å². The van der Waals surface area contributed by atoms with E-state index in [1.165, 1.54) is 18.4 Å². The Labute approximate surface area is 118 Å². The van der Waals surface area contributed by atoms with Crippen molar-refractivity contribution in [3.05, 3.63) is 47.2 Å². The van der Waals surface area contributed by atoms with Gasteiger partial charge >= 0.3 is 0 Å². The van der Waals surface area contributed by atoms with Crippen LogP contribution in [0.25, 0.3) is 5.69 Å². The maximum atomic E-state index is 5.95. The highest BCUT2D eigenvalue weighted by atomic mass is 35.5. The fourth-order valence-corrected chi connectivity index (χ4v) is 2.86. The lowest BCUT2D eigenvalue weighted by molar-refractivity contribution is 0.395. The smallest absolute Gasteiger partial charge is 0.0646 e. The topological polar surface area (TPSA) is 43.8 Å². The van der Waals surface area contributed by atoms with Gasteiger partial charge in [0.2, 0.25) is 0 Å². The van der Waals surface area contributed by atoms with Gasteiger partial charge in [-0.25, -0.2) is 4.68 Å². The summed E-state index contributed by atoms with van der Waals surface area (Å²) in [6.45, 7) is 0. The molecule has 4 heteroatoms. The summed E-state index contributed by atoms with van der Waals surface area (Å²) < 4.78 is 1.92. The van der Waals surface area contributed by atoms with Gasteiger partial charge in [-0.15, -0.1) is 0 Å². The van der Waals surface area contributed by atoms with Crippen molar-refractivity contribution in [1.82, 2.24) is 9.78 Å². The van der Waals surface area contributed by atoms with Gasteiger partial charge in [0.15, 0.2) is 0 Å². The normalized spacial score (nSPS) is 23.5. The van der Waals surface area contributed by atoms with Crippen LogP contribution in [0.1, 0.15) is 37.2 Å². The van der Waals surface area contributed by atoms with Crippen LogP contribution in [-0.2, 0) is 0 Å². The van der Waals surface area contributed by atoms with Crippen molar-refractivity contribution >= 4 is 11.6 Å². The third-order valence-corrected chi connectivity index (χ3v) is 4.19. The average molecular weight is 276 g/mol. The minimum absolute atomic E-state index is 0.391. The summed E-state index contributed by atoms with van der Waals surface area (Å²) in [6.07, 6.45) is 8.70. The fraction of sp³-hybridized carbons (Fsp3) is 0.400. The second kappa shape index (κ2) is 5.35. The molecule has 1 aliphatic rings. The summed E-state index contributed by atoms with van der Waals surface area (Å²) in [4.78, 5) is 0. The van der Waals surface area contributed by atoms with Crippen LogP contribution >= 0.6 is 11.6 Å². The lowest BCUT2D eigenvalue weighted by atomic mass is 9.83. The van der Waals surface area contributed by atoms with E-state index in [0.29, 0.717) is 12.0 Å². The van der Waals surface area contributed by atoms with Crippen LogP contribution in [0.15, 0.2) is 36.7 Å². The number of halogens is 1. The first-order chi connectivity index (χ1) is 9.22. The summed E-state index contributed by atoms with van der Waals surface area (Å²) in [5, 5.41) is 5.20. The van der Waals surface area contributed by atoms with Crippen molar-refractivity contribution < 1.29 is 0 Å². The zero-order chi connectivity index (χ0) is 13.2. The number of hydrogen-bond acceptors (Lipinski definition) is 2. The number of nitrogens with zero attached hydrogens (tertiary/aromatic N) is 2. The molecule has 1 aliphatic carbocycles. The quantitative estimate of drug-likeness (QED) is 0.911. The van der Waals surface area contributed by atoms with Gasteiger partial charge in [-0.2, -0.15) is 5.10 Å². The molecule has 1 fully saturated rings. The van der Waals surface area contributed by atoms with Crippen molar-refractivity contribution in [3.8, 4) is 5.69 Å². The zero-order valence-corrected chi connectivity index (χ0v) is 11.6. The Morgan fingerprint density at radius 2 is 1.79 bits per heavy atom. The highest BCUT2D eigenvalue weighted by molar-refractivity contribution is 6.30. The Bertz CT molecular complexity index is 539. The van der Waals surface area contributed by atoms with Crippen LogP contribution in [0, 0.1) is 0 Å². The van der Waals surface area contributed by atoms with Crippen molar-refractivity contribution in [2.24, 2.45) is 5.73 Å². The van der Waals surface area contributed by atoms with E-state index in [9.17, 15) is 0 Å². The van der Waals surface area contributed by atoms with E-state index in [4.69, 9.17) is 17.3 Å². The van der Waals surface area contributed by atoms with Crippen LogP contribution in [0.3, 0.4) is 0 Å². The molecular weight excluding hydrogens is 258 g/mol. The molecule has 1 aromatic heterocycles. The first-order valence-corrected chi connectivity index (χ1v) is 7.16. The molecule has 0 aliphatic heterocycles. The van der Waals surface area contributed by atoms with E-state index >= 15 is 0 Å². The Morgan fingerprint density at radius 1 is 1.11 bits per heavy atom. The summed E-state index contributed by atoms with van der Waals surface area (Å²) in [5.41, 5.74) is 8.32. The summed E-state index contributed by atoms with van der Waals surface area (Å²) in [7, 11) is 0. The third-order valence-electron chi connectivity index (χ3n) is 3.94. The minimum atomic E-state index is 0.391. The van der Waals surface area contributed by atoms with Gasteiger partial charge < -0.3 is 5.73 Å². The predicted molar refractivity (Wildman–Crippen MR) is 77.8 cm³/mol. The van der Waals surface area contributed by atoms with Crippen molar-refractivity contribution in [1.29, 1.82) is 0 Å². The van der Waals surface area contributed by atoms with Gasteiger partial charge in [0.05, 0.1) is 11.9 Å². The van der Waals surface area contributed by atoms with E-state index in [2.05, 4.69) is 11.3 Å². The summed E-state index contributed by atoms with van der Waals surface area (Å²) in [5.74, 6) is 0.612. The van der Waals surface area contributed by atoms with Crippen LogP contribution in [0.2, 0.25) is 5.02 Å². The number of rotatable bonds is 2. The second-order valence-electron chi connectivity index (χ2n) is 5.31. The Balaban J connectivity index is 1.77.